The minimum atomic E-state index is -1.33. The Balaban J connectivity index is 4.78. The molecule has 3 unspecified atom stereocenters. The van der Waals surface area contributed by atoms with Gasteiger partial charge in [0, 0.05) is 19.3 Å². The van der Waals surface area contributed by atoms with Gasteiger partial charge in [-0.3, -0.25) is 4.48 Å². The standard InChI is InChI=1S/C36H67NO6/c1-5-9-10-11-12-13-14-15-16-17-18-19-20-21-22-23-24-25-26-30-37(31(27-6-2)34(38)39,32(28-7-3)35(40)41)33(29-8-4)36(42)43/h9-10,31-33H,5-8,11-30H2,1-4H3,(H2-,38,39,40,41,42,43)/b10-9+. The van der Waals surface area contributed by atoms with Crippen LogP contribution in [0.25, 0.3) is 0 Å². The number of carboxylic acid groups (broad SMARTS) is 3. The van der Waals surface area contributed by atoms with E-state index in [4.69, 9.17) is 0 Å². The van der Waals surface area contributed by atoms with E-state index in [2.05, 4.69) is 19.1 Å². The Labute approximate surface area is 264 Å². The Bertz CT molecular complexity index is 692. The summed E-state index contributed by atoms with van der Waals surface area (Å²) < 4.78 is -0.432. The molecule has 7 heteroatoms. The van der Waals surface area contributed by atoms with Crippen molar-refractivity contribution in [2.45, 2.75) is 193 Å². The van der Waals surface area contributed by atoms with Crippen LogP contribution in [-0.2, 0) is 14.4 Å². The maximum atomic E-state index is 12.6. The second kappa shape index (κ2) is 26.5. The highest BCUT2D eigenvalue weighted by Gasteiger charge is 2.54. The van der Waals surface area contributed by atoms with E-state index in [0.29, 0.717) is 25.7 Å². The zero-order valence-corrected chi connectivity index (χ0v) is 28.3. The van der Waals surface area contributed by atoms with Crippen molar-refractivity contribution in [3.63, 3.8) is 0 Å². The average Bonchev–Trinajstić information content (AvgIpc) is 2.97. The lowest BCUT2D eigenvalue weighted by atomic mass is 9.91. The van der Waals surface area contributed by atoms with E-state index < -0.39 is 40.5 Å². The second-order valence-electron chi connectivity index (χ2n) is 12.6. The van der Waals surface area contributed by atoms with Crippen LogP contribution < -0.4 is 5.11 Å². The van der Waals surface area contributed by atoms with E-state index in [9.17, 15) is 29.7 Å². The molecule has 0 rings (SSSR count). The van der Waals surface area contributed by atoms with Gasteiger partial charge in [0.1, 0.15) is 6.04 Å². The lowest BCUT2D eigenvalue weighted by molar-refractivity contribution is -0.975. The summed E-state index contributed by atoms with van der Waals surface area (Å²) in [5.74, 6) is -3.55. The zero-order chi connectivity index (χ0) is 32.3. The molecule has 0 saturated carbocycles. The maximum Gasteiger partial charge on any atom is 0.362 e. The van der Waals surface area contributed by atoms with Crippen molar-refractivity contribution in [3.05, 3.63) is 12.2 Å². The van der Waals surface area contributed by atoms with Crippen LogP contribution in [0.1, 0.15) is 175 Å². The van der Waals surface area contributed by atoms with E-state index in [1.54, 1.807) is 0 Å². The minimum absolute atomic E-state index is 0.209. The Morgan fingerprint density at radius 1 is 0.558 bits per heavy atom. The molecule has 252 valence electrons. The average molecular weight is 610 g/mol. The predicted octanol–water partition coefficient (Wildman–Crippen LogP) is 8.44. The largest absolute Gasteiger partial charge is 0.544 e. The fraction of sp³-hybridized carbons (Fsp3) is 0.861. The van der Waals surface area contributed by atoms with Crippen molar-refractivity contribution in [1.29, 1.82) is 0 Å². The third-order valence-corrected chi connectivity index (χ3v) is 9.09. The molecule has 0 fully saturated rings. The zero-order valence-electron chi connectivity index (χ0n) is 28.3. The van der Waals surface area contributed by atoms with Crippen molar-refractivity contribution >= 4 is 17.9 Å². The van der Waals surface area contributed by atoms with Crippen molar-refractivity contribution in [2.75, 3.05) is 6.54 Å². The van der Waals surface area contributed by atoms with E-state index >= 15 is 0 Å². The Morgan fingerprint density at radius 3 is 1.23 bits per heavy atom. The monoisotopic (exact) mass is 609 g/mol. The van der Waals surface area contributed by atoms with Crippen molar-refractivity contribution in [3.8, 4) is 0 Å². The summed E-state index contributed by atoms with van der Waals surface area (Å²) in [6.45, 7) is 8.00. The molecule has 0 aromatic heterocycles. The van der Waals surface area contributed by atoms with Gasteiger partial charge in [0.15, 0.2) is 12.1 Å². The van der Waals surface area contributed by atoms with Gasteiger partial charge in [-0.25, -0.2) is 9.59 Å². The molecule has 0 aliphatic carbocycles. The summed E-state index contributed by atoms with van der Waals surface area (Å²) in [6, 6.07) is -3.32. The van der Waals surface area contributed by atoms with Crippen molar-refractivity contribution in [2.24, 2.45) is 0 Å². The van der Waals surface area contributed by atoms with Crippen LogP contribution >= 0.6 is 0 Å². The van der Waals surface area contributed by atoms with Crippen molar-refractivity contribution in [1.82, 2.24) is 0 Å². The Morgan fingerprint density at radius 2 is 0.907 bits per heavy atom. The molecule has 0 saturated heterocycles. The SMILES string of the molecule is CC/C=C/CCCCCCCCCCCCCCCCC[N+](C(CCC)C(=O)[O-])(C(CCC)C(=O)O)C(CCC)C(=O)O. The minimum Gasteiger partial charge on any atom is -0.544 e. The van der Waals surface area contributed by atoms with Gasteiger partial charge in [-0.2, -0.15) is 0 Å². The smallest absolute Gasteiger partial charge is 0.362 e. The quantitative estimate of drug-likeness (QED) is 0.0463. The lowest BCUT2D eigenvalue weighted by Gasteiger charge is -2.52. The van der Waals surface area contributed by atoms with Crippen LogP contribution in [0, 0.1) is 0 Å². The molecule has 3 atom stereocenters. The molecule has 0 aromatic carbocycles. The summed E-state index contributed by atoms with van der Waals surface area (Å²) in [7, 11) is 0. The van der Waals surface area contributed by atoms with Crippen LogP contribution in [-0.4, -0.2) is 57.3 Å². The van der Waals surface area contributed by atoms with Gasteiger partial charge in [-0.15, -0.1) is 0 Å². The maximum absolute atomic E-state index is 12.6. The molecule has 0 aliphatic heterocycles. The molecule has 0 aromatic rings. The number of rotatable bonds is 31. The number of carboxylic acids is 3. The normalized spacial score (nSPS) is 15.3. The highest BCUT2D eigenvalue weighted by atomic mass is 16.4. The fourth-order valence-corrected chi connectivity index (χ4v) is 6.86. The molecule has 2 N–H and O–H groups in total. The number of hydrogen-bond acceptors (Lipinski definition) is 4. The highest BCUT2D eigenvalue weighted by molar-refractivity contribution is 5.77. The molecule has 7 nitrogen and oxygen atoms in total. The van der Waals surface area contributed by atoms with Gasteiger partial charge in [-0.1, -0.05) is 123 Å². The van der Waals surface area contributed by atoms with Crippen molar-refractivity contribution < 1.29 is 34.2 Å². The first kappa shape index (κ1) is 41.1. The number of nitrogens with zero attached hydrogens (tertiary/aromatic N) is 1. The number of hydrogen-bond donors (Lipinski definition) is 2. The van der Waals surface area contributed by atoms with Crippen LogP contribution in [0.4, 0.5) is 0 Å². The number of unbranched alkanes of at least 4 members (excludes halogenated alkanes) is 15. The molecule has 0 bridgehead atoms. The molecule has 43 heavy (non-hydrogen) atoms. The first-order chi connectivity index (χ1) is 20.7. The number of allylic oxidation sites excluding steroid dienone is 2. The Kier molecular flexibility index (Phi) is 25.3. The van der Waals surface area contributed by atoms with Gasteiger partial charge < -0.3 is 20.1 Å². The van der Waals surface area contributed by atoms with Gasteiger partial charge in [0.25, 0.3) is 0 Å². The second-order valence-corrected chi connectivity index (χ2v) is 12.6. The molecule has 0 radical (unpaired) electrons. The first-order valence-corrected chi connectivity index (χ1v) is 17.9. The number of aliphatic carboxylic acids is 3. The topological polar surface area (TPSA) is 115 Å². The van der Waals surface area contributed by atoms with Crippen LogP contribution in [0.5, 0.6) is 0 Å². The van der Waals surface area contributed by atoms with Gasteiger partial charge in [-0.05, 0) is 44.9 Å². The molecule has 0 aliphatic rings. The van der Waals surface area contributed by atoms with Crippen LogP contribution in [0.3, 0.4) is 0 Å². The first-order valence-electron chi connectivity index (χ1n) is 17.9. The van der Waals surface area contributed by atoms with E-state index in [1.165, 1.54) is 77.0 Å². The third-order valence-electron chi connectivity index (χ3n) is 9.09. The highest BCUT2D eigenvalue weighted by Crippen LogP contribution is 2.34. The number of carbonyl (C=O) groups is 3. The summed E-state index contributed by atoms with van der Waals surface area (Å²) in [6.07, 6.45) is 27.1. The molecule has 0 heterocycles. The third kappa shape index (κ3) is 16.7. The number of quaternary nitrogens is 1. The summed E-state index contributed by atoms with van der Waals surface area (Å²) in [5.41, 5.74) is 0. The van der Waals surface area contributed by atoms with E-state index in [1.807, 2.05) is 20.8 Å². The molecule has 0 spiro atoms. The van der Waals surface area contributed by atoms with Gasteiger partial charge in [0.2, 0.25) is 0 Å². The summed E-state index contributed by atoms with van der Waals surface area (Å²) in [4.78, 5) is 37.6. The predicted molar refractivity (Wildman–Crippen MR) is 175 cm³/mol. The van der Waals surface area contributed by atoms with E-state index in [-0.39, 0.29) is 25.8 Å². The van der Waals surface area contributed by atoms with Gasteiger partial charge >= 0.3 is 11.9 Å². The van der Waals surface area contributed by atoms with Crippen LogP contribution in [0.2, 0.25) is 0 Å². The molecule has 0 amide bonds. The lowest BCUT2D eigenvalue weighted by Crippen LogP contribution is -2.74. The van der Waals surface area contributed by atoms with Crippen LogP contribution in [0.15, 0.2) is 12.2 Å². The van der Waals surface area contributed by atoms with E-state index in [0.717, 1.165) is 25.7 Å². The van der Waals surface area contributed by atoms with Gasteiger partial charge in [0.05, 0.1) is 12.5 Å². The fourth-order valence-electron chi connectivity index (χ4n) is 6.86. The Hall–Kier alpha value is -1.89. The molecular formula is C36H67NO6. The number of carbonyl (C=O) groups excluding carboxylic acids is 1. The summed E-state index contributed by atoms with van der Waals surface area (Å²) in [5, 5.41) is 33.0. The molecular weight excluding hydrogens is 542 g/mol. The summed E-state index contributed by atoms with van der Waals surface area (Å²) >= 11 is 0.